The fourth-order valence-electron chi connectivity index (χ4n) is 5.65. The molecule has 1 N–H and O–H groups in total. The van der Waals surface area contributed by atoms with E-state index >= 15 is 0 Å². The number of carbonyl (C=O) groups excluding carboxylic acids is 12. The number of alkyl carbamates (subject to hydrolysis) is 1. The zero-order valence-corrected chi connectivity index (χ0v) is 69.6. The molecule has 0 bridgehead atoms. The normalized spacial score (nSPS) is 11.3. The number of nitriles is 4. The van der Waals surface area contributed by atoms with Gasteiger partial charge in [-0.15, -0.1) is 0 Å². The van der Waals surface area contributed by atoms with Crippen molar-refractivity contribution in [3.8, 4) is 24.3 Å². The van der Waals surface area contributed by atoms with Gasteiger partial charge in [0, 0.05) is 17.7 Å². The quantitative estimate of drug-likeness (QED) is 0.0275. The molecule has 0 aliphatic rings. The standard InChI is InChI=1S/C14H23NO6.C14H18O2.C11H18O4.C10H16O4.C9H15NO2.3C8H13NO2/c1-5-11(16)19-8-7-15-13(18)21-10-9-20-12(17)14(3,4)6-2;1-4-11(3)14(15)16-10-13-8-6-12(5-2)7-9-13;1-5-9(4)11(13)15-7-6-14-10(12)8(2)3;1-4-8(3)10(12)14-7-6-13-9(11)5-2;1-4-9(2,3)8(11)12-7-5-6-10;3*1-3-7(2)8(10)11-6-4-5-9/h5H,1,6-10H2,2-4H3,(H,15,18);5-9,11H,2,4,10H2,1,3H3;9H,2,5-7H2,1,3-4H3;5,8H,2,4,6-7H2,1,3H3;4-5,7H2,1-3H3;3*7H,3-4,6H2,1-2H3. The van der Waals surface area contributed by atoms with Gasteiger partial charge in [0.2, 0.25) is 0 Å². The van der Waals surface area contributed by atoms with Crippen molar-refractivity contribution >= 4 is 77.8 Å². The smallest absolute Gasteiger partial charge is 0.407 e. The van der Waals surface area contributed by atoms with E-state index in [0.29, 0.717) is 18.6 Å². The number of ether oxygens (including phenoxy) is 12. The van der Waals surface area contributed by atoms with Crippen LogP contribution in [0.2, 0.25) is 0 Å². The Morgan fingerprint density at radius 1 is 0.396 bits per heavy atom. The highest BCUT2D eigenvalue weighted by molar-refractivity contribution is 5.87. The molecule has 1 rings (SSSR count). The van der Waals surface area contributed by atoms with Gasteiger partial charge in [-0.1, -0.05) is 154 Å². The van der Waals surface area contributed by atoms with Crippen molar-refractivity contribution in [1.82, 2.24) is 5.32 Å². The molecule has 1 amide bonds. The predicted octanol–water partition coefficient (Wildman–Crippen LogP) is 14.2. The third-order valence-corrected chi connectivity index (χ3v) is 15.4. The second-order valence-corrected chi connectivity index (χ2v) is 25.3. The molecule has 0 radical (unpaired) electrons. The number of hydrogen-bond acceptors (Lipinski definition) is 28. The van der Waals surface area contributed by atoms with E-state index in [9.17, 15) is 57.5 Å². The zero-order chi connectivity index (χ0) is 86.8. The van der Waals surface area contributed by atoms with Gasteiger partial charge in [-0.25, -0.2) is 19.2 Å². The molecule has 0 aliphatic heterocycles. The number of hydrogen-bond donors (Lipinski definition) is 1. The van der Waals surface area contributed by atoms with Gasteiger partial charge >= 0.3 is 71.8 Å². The molecular weight excluding hydrogens is 1440 g/mol. The summed E-state index contributed by atoms with van der Waals surface area (Å²) in [5, 5.41) is 35.0. The first-order valence-electron chi connectivity index (χ1n) is 37.2. The number of nitrogens with zero attached hydrogens (tertiary/aromatic N) is 4. The third kappa shape index (κ3) is 69.8. The van der Waals surface area contributed by atoms with Crippen LogP contribution in [0.3, 0.4) is 0 Å². The SMILES string of the molecule is C=C(C)C(=O)OCCOC(=O)C(C)CC.C=CC(=O)OCCNC(=O)OCCOC(=O)C(C)(C)CC.C=CC(=O)OCCOC(=O)C(C)CC.C=Cc1ccc(COC(=O)C(C)CC)cc1.CCC(C)(C)C(=O)OCCC#N.CCC(C)C(=O)OCCC#N.CCC(C)C(=O)OCCC#N.CCC(C)C(=O)OCCC#N. The average Bonchev–Trinajstić information content (AvgIpc) is 0.904. The molecule has 6 atom stereocenters. The Labute approximate surface area is 660 Å². The number of esters is 11. The first kappa shape index (κ1) is 114. The fraction of sp³-hybridized carbons (Fsp3) is 0.634. The Hall–Kier alpha value is -10.4. The lowest BCUT2D eigenvalue weighted by molar-refractivity contribution is -0.155. The predicted molar refractivity (Wildman–Crippen MR) is 416 cm³/mol. The van der Waals surface area contributed by atoms with Crippen molar-refractivity contribution in [2.75, 3.05) is 79.2 Å². The Morgan fingerprint density at radius 3 is 0.964 bits per heavy atom. The Balaban J connectivity index is -0.000000225. The minimum absolute atomic E-state index is 0.00112. The molecule has 6 unspecified atom stereocenters. The minimum atomic E-state index is -0.671. The summed E-state index contributed by atoms with van der Waals surface area (Å²) < 4.78 is 57.9. The third-order valence-electron chi connectivity index (χ3n) is 15.4. The van der Waals surface area contributed by atoms with E-state index in [1.54, 1.807) is 40.7 Å². The second kappa shape index (κ2) is 75.0. The molecule has 0 saturated heterocycles. The summed E-state index contributed by atoms with van der Waals surface area (Å²) in [6.07, 6.45) is 10.4. The monoisotopic (exact) mass is 1570 g/mol. The summed E-state index contributed by atoms with van der Waals surface area (Å²) in [6.45, 7) is 50.4. The Kier molecular flexibility index (Phi) is 77.0. The van der Waals surface area contributed by atoms with Crippen LogP contribution in [-0.4, -0.2) is 151 Å². The number of benzene rings is 1. The molecule has 111 heavy (non-hydrogen) atoms. The molecule has 0 heterocycles. The number of nitrogens with one attached hydrogen (secondary N) is 1. The van der Waals surface area contributed by atoms with Crippen molar-refractivity contribution in [2.24, 2.45) is 46.3 Å². The maximum atomic E-state index is 11.6. The first-order valence-corrected chi connectivity index (χ1v) is 37.2. The van der Waals surface area contributed by atoms with Crippen LogP contribution in [0.1, 0.15) is 220 Å². The van der Waals surface area contributed by atoms with Crippen LogP contribution in [0.5, 0.6) is 0 Å². The zero-order valence-electron chi connectivity index (χ0n) is 69.6. The van der Waals surface area contributed by atoms with E-state index in [-0.39, 0.29) is 188 Å². The van der Waals surface area contributed by atoms with Crippen LogP contribution in [0, 0.1) is 91.7 Å². The number of rotatable bonds is 42. The summed E-state index contributed by atoms with van der Waals surface area (Å²) >= 11 is 0. The molecule has 0 aliphatic carbocycles. The molecule has 0 aromatic heterocycles. The van der Waals surface area contributed by atoms with Gasteiger partial charge in [0.25, 0.3) is 0 Å². The van der Waals surface area contributed by atoms with Gasteiger partial charge in [0.05, 0.1) is 103 Å². The molecule has 29 heteroatoms. The van der Waals surface area contributed by atoms with Gasteiger partial charge < -0.3 is 62.2 Å². The van der Waals surface area contributed by atoms with Crippen LogP contribution in [0.4, 0.5) is 4.79 Å². The average molecular weight is 1570 g/mol. The Bertz CT molecular complexity index is 2950. The first-order chi connectivity index (χ1) is 52.3. The van der Waals surface area contributed by atoms with Crippen LogP contribution >= 0.6 is 0 Å². The van der Waals surface area contributed by atoms with Crippen LogP contribution < -0.4 is 5.32 Å². The maximum absolute atomic E-state index is 11.6. The molecule has 29 nitrogen and oxygen atoms in total. The second-order valence-electron chi connectivity index (χ2n) is 25.3. The lowest BCUT2D eigenvalue weighted by Gasteiger charge is -2.20. The van der Waals surface area contributed by atoms with Crippen molar-refractivity contribution in [3.05, 3.63) is 79.4 Å². The van der Waals surface area contributed by atoms with E-state index in [2.05, 4.69) is 41.1 Å². The number of carbonyl (C=O) groups is 12. The summed E-state index contributed by atoms with van der Waals surface area (Å²) in [7, 11) is 0. The Morgan fingerprint density at radius 2 is 0.667 bits per heavy atom. The van der Waals surface area contributed by atoms with Gasteiger partial charge in [-0.2, -0.15) is 21.0 Å². The lowest BCUT2D eigenvalue weighted by Crippen LogP contribution is -2.31. The van der Waals surface area contributed by atoms with Crippen molar-refractivity contribution in [3.63, 3.8) is 0 Å². The van der Waals surface area contributed by atoms with Crippen LogP contribution in [0.25, 0.3) is 6.08 Å². The topological polar surface area (TPSA) is 423 Å². The van der Waals surface area contributed by atoms with Crippen molar-refractivity contribution in [1.29, 1.82) is 21.0 Å². The summed E-state index contributed by atoms with van der Waals surface area (Å²) in [5.74, 6) is -3.73. The fourth-order valence-corrected chi connectivity index (χ4v) is 5.65. The maximum Gasteiger partial charge on any atom is 0.407 e. The van der Waals surface area contributed by atoms with Gasteiger partial charge in [-0.05, 0) is 97.1 Å². The van der Waals surface area contributed by atoms with Crippen molar-refractivity contribution < 1.29 is 114 Å². The van der Waals surface area contributed by atoms with Crippen LogP contribution in [-0.2, 0) is 116 Å². The molecule has 0 saturated carbocycles. The lowest BCUT2D eigenvalue weighted by atomic mass is 9.91. The molecule has 1 aromatic rings. The van der Waals surface area contributed by atoms with E-state index in [4.69, 9.17) is 68.4 Å². The molecule has 626 valence electrons. The number of amides is 1. The van der Waals surface area contributed by atoms with Gasteiger partial charge in [0.15, 0.2) is 0 Å². The molecule has 1 aromatic carbocycles. The molecule has 0 spiro atoms. The summed E-state index contributed by atoms with van der Waals surface area (Å²) in [5.41, 5.74) is 1.44. The highest BCUT2D eigenvalue weighted by Gasteiger charge is 2.28. The summed E-state index contributed by atoms with van der Waals surface area (Å²) in [6, 6.07) is 15.4. The van der Waals surface area contributed by atoms with E-state index in [1.807, 2.05) is 145 Å². The molecule has 0 fully saturated rings. The van der Waals surface area contributed by atoms with Gasteiger partial charge in [0.1, 0.15) is 79.3 Å². The van der Waals surface area contributed by atoms with Crippen LogP contribution in [0.15, 0.2) is 68.3 Å². The van der Waals surface area contributed by atoms with Gasteiger partial charge in [-0.3, -0.25) is 38.4 Å². The van der Waals surface area contributed by atoms with E-state index in [1.165, 1.54) is 0 Å². The van der Waals surface area contributed by atoms with E-state index in [0.717, 1.165) is 68.2 Å². The van der Waals surface area contributed by atoms with Crippen molar-refractivity contribution in [2.45, 2.75) is 215 Å². The largest absolute Gasteiger partial charge is 0.464 e. The minimum Gasteiger partial charge on any atom is -0.464 e. The van der Waals surface area contributed by atoms with E-state index < -0.39 is 34.8 Å². The highest BCUT2D eigenvalue weighted by atomic mass is 16.6. The summed E-state index contributed by atoms with van der Waals surface area (Å²) in [4.78, 5) is 133. The highest BCUT2D eigenvalue weighted by Crippen LogP contribution is 2.22. The molecular formula is C82H129N5O24.